The summed E-state index contributed by atoms with van der Waals surface area (Å²) in [6.45, 7) is 1.83. The number of hydrogen-bond donors (Lipinski definition) is 2. The van der Waals surface area contributed by atoms with Gasteiger partial charge in [-0.3, -0.25) is 14.3 Å². The summed E-state index contributed by atoms with van der Waals surface area (Å²) in [6.07, 6.45) is 10.1. The van der Waals surface area contributed by atoms with Gasteiger partial charge in [0.05, 0.1) is 23.8 Å². The summed E-state index contributed by atoms with van der Waals surface area (Å²) in [4.78, 5) is 38.4. The Morgan fingerprint density at radius 2 is 1.93 bits per heavy atom. The molecule has 29 heavy (non-hydrogen) atoms. The Labute approximate surface area is 172 Å². The van der Waals surface area contributed by atoms with E-state index in [9.17, 15) is 9.59 Å². The average Bonchev–Trinajstić information content (AvgIpc) is 3.36. The highest BCUT2D eigenvalue weighted by Gasteiger charge is 2.22. The van der Waals surface area contributed by atoms with E-state index in [0.717, 1.165) is 25.7 Å². The molecule has 3 heterocycles. The molecule has 0 saturated heterocycles. The molecule has 4 rings (SSSR count). The van der Waals surface area contributed by atoms with Crippen molar-refractivity contribution in [2.75, 3.05) is 0 Å². The monoisotopic (exact) mass is 413 g/mol. The highest BCUT2D eigenvalue weighted by atomic mass is 32.1. The smallest absolute Gasteiger partial charge is 0.271 e. The lowest BCUT2D eigenvalue weighted by Crippen LogP contribution is -2.35. The summed E-state index contributed by atoms with van der Waals surface area (Å²) >= 11 is 1.30. The number of nitrogens with zero attached hydrogens (tertiary/aromatic N) is 5. The van der Waals surface area contributed by atoms with Crippen LogP contribution in [0.15, 0.2) is 18.7 Å². The molecule has 3 aromatic rings. The second kappa shape index (κ2) is 8.24. The molecule has 2 N–H and O–H groups in total. The molecule has 2 amide bonds. The van der Waals surface area contributed by atoms with Gasteiger partial charge in [0.1, 0.15) is 21.9 Å². The molecule has 0 aromatic carbocycles. The van der Waals surface area contributed by atoms with Crippen LogP contribution in [0.4, 0.5) is 0 Å². The number of nitrogens with one attached hydrogen (secondary N) is 2. The maximum absolute atomic E-state index is 12.7. The van der Waals surface area contributed by atoms with E-state index < -0.39 is 0 Å². The van der Waals surface area contributed by atoms with E-state index in [0.29, 0.717) is 20.9 Å². The minimum absolute atomic E-state index is 0.0907. The van der Waals surface area contributed by atoms with E-state index in [2.05, 4.69) is 30.7 Å². The third-order valence-corrected chi connectivity index (χ3v) is 6.33. The zero-order valence-corrected chi connectivity index (χ0v) is 17.2. The summed E-state index contributed by atoms with van der Waals surface area (Å²) in [7, 11) is 1.76. The predicted octanol–water partition coefficient (Wildman–Crippen LogP) is 2.37. The Bertz CT molecular complexity index is 1040. The van der Waals surface area contributed by atoms with Gasteiger partial charge in [-0.15, -0.1) is 11.3 Å². The van der Waals surface area contributed by atoms with E-state index in [-0.39, 0.29) is 29.6 Å². The van der Waals surface area contributed by atoms with Crippen molar-refractivity contribution in [3.05, 3.63) is 34.3 Å². The number of carbonyl (C=O) groups is 2. The van der Waals surface area contributed by atoms with Gasteiger partial charge in [0.25, 0.3) is 11.8 Å². The normalized spacial score (nSPS) is 15.9. The van der Waals surface area contributed by atoms with Crippen LogP contribution in [0.2, 0.25) is 0 Å². The summed E-state index contributed by atoms with van der Waals surface area (Å²) in [5, 5.41) is 11.4. The van der Waals surface area contributed by atoms with Crippen LogP contribution in [0.25, 0.3) is 11.0 Å². The minimum Gasteiger partial charge on any atom is -0.349 e. The van der Waals surface area contributed by atoms with Crippen molar-refractivity contribution in [1.82, 2.24) is 35.4 Å². The molecule has 1 saturated carbocycles. The van der Waals surface area contributed by atoms with Crippen LogP contribution in [0, 0.1) is 0 Å². The number of fused-ring (bicyclic) bond motifs is 1. The number of aryl methyl sites for hydroxylation is 1. The molecule has 152 valence electrons. The van der Waals surface area contributed by atoms with Crippen molar-refractivity contribution in [3.63, 3.8) is 0 Å². The Morgan fingerprint density at radius 3 is 2.72 bits per heavy atom. The summed E-state index contributed by atoms with van der Waals surface area (Å²) in [5.41, 5.74) is 0.857. The Morgan fingerprint density at radius 1 is 1.14 bits per heavy atom. The molecule has 0 radical (unpaired) electrons. The quantitative estimate of drug-likeness (QED) is 0.664. The second-order valence-corrected chi connectivity index (χ2v) is 8.36. The van der Waals surface area contributed by atoms with Crippen molar-refractivity contribution in [3.8, 4) is 0 Å². The first-order valence-electron chi connectivity index (χ1n) is 9.73. The fourth-order valence-corrected chi connectivity index (χ4v) is 4.39. The van der Waals surface area contributed by atoms with Crippen molar-refractivity contribution >= 4 is 34.2 Å². The van der Waals surface area contributed by atoms with Gasteiger partial charge in [-0.1, -0.05) is 19.3 Å². The van der Waals surface area contributed by atoms with Gasteiger partial charge in [0.2, 0.25) is 0 Å². The average molecular weight is 414 g/mol. The van der Waals surface area contributed by atoms with E-state index in [4.69, 9.17) is 0 Å². The first-order valence-corrected chi connectivity index (χ1v) is 10.5. The van der Waals surface area contributed by atoms with E-state index in [1.807, 2.05) is 6.92 Å². The molecule has 0 aliphatic heterocycles. The topological polar surface area (TPSA) is 115 Å². The molecule has 9 nitrogen and oxygen atoms in total. The largest absolute Gasteiger partial charge is 0.349 e. The molecule has 1 fully saturated rings. The van der Waals surface area contributed by atoms with Crippen molar-refractivity contribution in [2.45, 2.75) is 51.1 Å². The Kier molecular flexibility index (Phi) is 5.52. The van der Waals surface area contributed by atoms with Crippen LogP contribution in [0.5, 0.6) is 0 Å². The molecule has 10 heteroatoms. The number of carbonyl (C=O) groups excluding carboxylic acids is 2. The fourth-order valence-electron chi connectivity index (χ4n) is 3.57. The van der Waals surface area contributed by atoms with Crippen molar-refractivity contribution in [2.24, 2.45) is 7.05 Å². The number of hydrogen-bond acceptors (Lipinski definition) is 7. The maximum Gasteiger partial charge on any atom is 0.271 e. The van der Waals surface area contributed by atoms with Gasteiger partial charge in [-0.2, -0.15) is 5.10 Å². The minimum atomic E-state index is -0.356. The van der Waals surface area contributed by atoms with Gasteiger partial charge >= 0.3 is 0 Å². The van der Waals surface area contributed by atoms with E-state index in [1.54, 1.807) is 24.1 Å². The summed E-state index contributed by atoms with van der Waals surface area (Å²) in [6, 6.07) is -0.107. The van der Waals surface area contributed by atoms with Crippen LogP contribution in [-0.2, 0) is 7.05 Å². The standard InChI is InChI=1S/C19H23N7O2S/c1-11(24-18(28)15-13-8-23-26(2)16(13)22-10-21-15)19-20-9-14(29-19)17(27)25-12-6-4-3-5-7-12/h8-12H,3-7H2,1-2H3,(H,24,28)(H,25,27). The maximum atomic E-state index is 12.7. The number of amides is 2. The Hall–Kier alpha value is -2.88. The molecule has 1 atom stereocenters. The molecular weight excluding hydrogens is 390 g/mol. The molecule has 0 spiro atoms. The lowest BCUT2D eigenvalue weighted by atomic mass is 9.95. The number of thiazole rings is 1. The van der Waals surface area contributed by atoms with Crippen LogP contribution < -0.4 is 10.6 Å². The first kappa shape index (κ1) is 19.4. The van der Waals surface area contributed by atoms with Gasteiger partial charge in [0.15, 0.2) is 5.65 Å². The SMILES string of the molecule is CC(NC(=O)c1ncnc2c1cnn2C)c1ncc(C(=O)NC2CCCCC2)s1. The predicted molar refractivity (Wildman–Crippen MR) is 109 cm³/mol. The van der Waals surface area contributed by atoms with Gasteiger partial charge in [0, 0.05) is 13.1 Å². The van der Waals surface area contributed by atoms with Crippen LogP contribution >= 0.6 is 11.3 Å². The Balaban J connectivity index is 1.42. The van der Waals surface area contributed by atoms with Gasteiger partial charge in [-0.25, -0.2) is 15.0 Å². The lowest BCUT2D eigenvalue weighted by molar-refractivity contribution is 0.0925. The first-order chi connectivity index (χ1) is 14.0. The highest BCUT2D eigenvalue weighted by Crippen LogP contribution is 2.23. The highest BCUT2D eigenvalue weighted by molar-refractivity contribution is 7.13. The van der Waals surface area contributed by atoms with Crippen LogP contribution in [-0.4, -0.2) is 42.6 Å². The van der Waals surface area contributed by atoms with E-state index in [1.165, 1.54) is 24.1 Å². The van der Waals surface area contributed by atoms with Gasteiger partial charge < -0.3 is 10.6 Å². The summed E-state index contributed by atoms with van der Waals surface area (Å²) in [5.74, 6) is -0.423. The van der Waals surface area contributed by atoms with E-state index >= 15 is 0 Å². The number of rotatable bonds is 5. The fraction of sp³-hybridized carbons (Fsp3) is 0.474. The number of aromatic nitrogens is 5. The zero-order valence-electron chi connectivity index (χ0n) is 16.4. The van der Waals surface area contributed by atoms with Crippen molar-refractivity contribution < 1.29 is 9.59 Å². The van der Waals surface area contributed by atoms with Gasteiger partial charge in [-0.05, 0) is 19.8 Å². The molecule has 1 aliphatic carbocycles. The zero-order chi connectivity index (χ0) is 20.4. The lowest BCUT2D eigenvalue weighted by Gasteiger charge is -2.22. The molecule has 1 aliphatic rings. The molecule has 1 unspecified atom stereocenters. The molecular formula is C19H23N7O2S. The molecule has 0 bridgehead atoms. The van der Waals surface area contributed by atoms with Crippen LogP contribution in [0.3, 0.4) is 0 Å². The molecule has 3 aromatic heterocycles. The van der Waals surface area contributed by atoms with Crippen LogP contribution in [0.1, 0.15) is 70.2 Å². The summed E-state index contributed by atoms with van der Waals surface area (Å²) < 4.78 is 1.59. The second-order valence-electron chi connectivity index (χ2n) is 7.29. The van der Waals surface area contributed by atoms with Crippen molar-refractivity contribution in [1.29, 1.82) is 0 Å². The third kappa shape index (κ3) is 4.12. The third-order valence-electron chi connectivity index (χ3n) is 5.15.